The van der Waals surface area contributed by atoms with E-state index in [2.05, 4.69) is 55.7 Å². The first kappa shape index (κ1) is 13.6. The molecule has 0 heterocycles. The highest BCUT2D eigenvalue weighted by Gasteiger charge is 2.20. The van der Waals surface area contributed by atoms with Crippen molar-refractivity contribution in [3.63, 3.8) is 0 Å². The molecule has 0 bridgehead atoms. The second kappa shape index (κ2) is 6.35. The van der Waals surface area contributed by atoms with Gasteiger partial charge in [-0.15, -0.1) is 0 Å². The molecule has 2 nitrogen and oxygen atoms in total. The Morgan fingerprint density at radius 2 is 1.67 bits per heavy atom. The lowest BCUT2D eigenvalue weighted by atomic mass is 10.1. The number of hydrogen-bond donors (Lipinski definition) is 2. The van der Waals surface area contributed by atoms with Crippen molar-refractivity contribution in [1.29, 1.82) is 0 Å². The van der Waals surface area contributed by atoms with Gasteiger partial charge in [0.15, 0.2) is 0 Å². The fraction of sp³-hybridized carbons (Fsp3) is 0.625. The molecular formula is C16H26N2. The van der Waals surface area contributed by atoms with Crippen LogP contribution in [0.4, 0.5) is 0 Å². The van der Waals surface area contributed by atoms with Gasteiger partial charge in [0.05, 0.1) is 0 Å². The van der Waals surface area contributed by atoms with Crippen LogP contribution in [-0.4, -0.2) is 25.2 Å². The zero-order valence-electron chi connectivity index (χ0n) is 11.9. The summed E-state index contributed by atoms with van der Waals surface area (Å²) in [6, 6.07) is 9.99. The first-order chi connectivity index (χ1) is 8.65. The topological polar surface area (TPSA) is 24.1 Å². The zero-order chi connectivity index (χ0) is 13.0. The predicted octanol–water partition coefficient (Wildman–Crippen LogP) is 2.38. The predicted molar refractivity (Wildman–Crippen MR) is 77.9 cm³/mol. The van der Waals surface area contributed by atoms with Gasteiger partial charge in [0.2, 0.25) is 0 Å². The molecule has 0 spiro atoms. The van der Waals surface area contributed by atoms with Gasteiger partial charge in [-0.3, -0.25) is 0 Å². The van der Waals surface area contributed by atoms with Gasteiger partial charge in [-0.25, -0.2) is 0 Å². The average molecular weight is 246 g/mol. The summed E-state index contributed by atoms with van der Waals surface area (Å²) in [4.78, 5) is 0. The molecule has 2 heteroatoms. The molecule has 1 aliphatic rings. The standard InChI is InChI=1S/C16H26N2/c1-12(2)17-10-13(3)18-11-14-8-15-6-4-5-7-16(15)9-14/h4-7,12-14,17-18H,8-11H2,1-3H3. The molecular weight excluding hydrogens is 220 g/mol. The summed E-state index contributed by atoms with van der Waals surface area (Å²) in [5.41, 5.74) is 3.11. The highest BCUT2D eigenvalue weighted by molar-refractivity contribution is 5.32. The van der Waals surface area contributed by atoms with Crippen LogP contribution in [0.5, 0.6) is 0 Å². The van der Waals surface area contributed by atoms with Gasteiger partial charge in [0.1, 0.15) is 0 Å². The van der Waals surface area contributed by atoms with Crippen molar-refractivity contribution < 1.29 is 0 Å². The highest BCUT2D eigenvalue weighted by Crippen LogP contribution is 2.25. The number of hydrogen-bond acceptors (Lipinski definition) is 2. The van der Waals surface area contributed by atoms with Gasteiger partial charge < -0.3 is 10.6 Å². The SMILES string of the molecule is CC(C)NCC(C)NCC1Cc2ccccc2C1. The van der Waals surface area contributed by atoms with Gasteiger partial charge >= 0.3 is 0 Å². The molecule has 18 heavy (non-hydrogen) atoms. The Balaban J connectivity index is 1.70. The second-order valence-corrected chi connectivity index (χ2v) is 5.92. The number of rotatable bonds is 6. The van der Waals surface area contributed by atoms with E-state index in [0.29, 0.717) is 12.1 Å². The number of nitrogens with one attached hydrogen (secondary N) is 2. The molecule has 0 saturated heterocycles. The second-order valence-electron chi connectivity index (χ2n) is 5.92. The van der Waals surface area contributed by atoms with E-state index in [4.69, 9.17) is 0 Å². The lowest BCUT2D eigenvalue weighted by Gasteiger charge is -2.19. The third-order valence-corrected chi connectivity index (χ3v) is 3.72. The molecule has 1 unspecified atom stereocenters. The Morgan fingerprint density at radius 1 is 1.06 bits per heavy atom. The van der Waals surface area contributed by atoms with Crippen LogP contribution < -0.4 is 10.6 Å². The monoisotopic (exact) mass is 246 g/mol. The van der Waals surface area contributed by atoms with Crippen LogP contribution in [-0.2, 0) is 12.8 Å². The van der Waals surface area contributed by atoms with Crippen molar-refractivity contribution in [2.45, 2.75) is 45.7 Å². The molecule has 0 saturated carbocycles. The first-order valence-corrected chi connectivity index (χ1v) is 7.18. The molecule has 2 rings (SSSR count). The molecule has 0 fully saturated rings. The third-order valence-electron chi connectivity index (χ3n) is 3.72. The van der Waals surface area contributed by atoms with Gasteiger partial charge in [0.25, 0.3) is 0 Å². The van der Waals surface area contributed by atoms with E-state index in [-0.39, 0.29) is 0 Å². The van der Waals surface area contributed by atoms with E-state index < -0.39 is 0 Å². The minimum Gasteiger partial charge on any atom is -0.313 e. The van der Waals surface area contributed by atoms with Crippen LogP contribution in [0.3, 0.4) is 0 Å². The van der Waals surface area contributed by atoms with Crippen LogP contribution in [0.2, 0.25) is 0 Å². The number of benzene rings is 1. The fourth-order valence-corrected chi connectivity index (χ4v) is 2.65. The maximum absolute atomic E-state index is 3.65. The molecule has 100 valence electrons. The fourth-order valence-electron chi connectivity index (χ4n) is 2.65. The van der Waals surface area contributed by atoms with Crippen molar-refractivity contribution in [3.05, 3.63) is 35.4 Å². The van der Waals surface area contributed by atoms with Crippen LogP contribution in [0.1, 0.15) is 31.9 Å². The third kappa shape index (κ3) is 3.82. The first-order valence-electron chi connectivity index (χ1n) is 7.18. The molecule has 2 N–H and O–H groups in total. The maximum Gasteiger partial charge on any atom is 0.0164 e. The zero-order valence-corrected chi connectivity index (χ0v) is 11.9. The van der Waals surface area contributed by atoms with Crippen LogP contribution in [0.25, 0.3) is 0 Å². The summed E-state index contributed by atoms with van der Waals surface area (Å²) in [7, 11) is 0. The van der Waals surface area contributed by atoms with Crippen molar-refractivity contribution in [3.8, 4) is 0 Å². The lowest BCUT2D eigenvalue weighted by molar-refractivity contribution is 0.424. The molecule has 0 aliphatic heterocycles. The Kier molecular flexibility index (Phi) is 4.79. The minimum absolute atomic E-state index is 0.552. The highest BCUT2D eigenvalue weighted by atomic mass is 15.0. The smallest absolute Gasteiger partial charge is 0.0164 e. The molecule has 0 aromatic heterocycles. The molecule has 0 amide bonds. The summed E-state index contributed by atoms with van der Waals surface area (Å²) in [5.74, 6) is 0.781. The summed E-state index contributed by atoms with van der Waals surface area (Å²) in [6.07, 6.45) is 2.49. The Labute approximate surface area is 111 Å². The van der Waals surface area contributed by atoms with Gasteiger partial charge in [0, 0.05) is 18.6 Å². The molecule has 1 aliphatic carbocycles. The van der Waals surface area contributed by atoms with Gasteiger partial charge in [-0.2, -0.15) is 0 Å². The van der Waals surface area contributed by atoms with E-state index >= 15 is 0 Å². The van der Waals surface area contributed by atoms with Crippen molar-refractivity contribution in [1.82, 2.24) is 10.6 Å². The van der Waals surface area contributed by atoms with Crippen LogP contribution in [0, 0.1) is 5.92 Å². The van der Waals surface area contributed by atoms with E-state index in [1.165, 1.54) is 12.8 Å². The summed E-state index contributed by atoms with van der Waals surface area (Å²) < 4.78 is 0. The molecule has 1 atom stereocenters. The Hall–Kier alpha value is -0.860. The molecule has 1 aromatic carbocycles. The van der Waals surface area contributed by atoms with E-state index in [9.17, 15) is 0 Å². The lowest BCUT2D eigenvalue weighted by Crippen LogP contribution is -2.41. The van der Waals surface area contributed by atoms with E-state index in [0.717, 1.165) is 19.0 Å². The van der Waals surface area contributed by atoms with Gasteiger partial charge in [-0.05, 0) is 43.4 Å². The minimum atomic E-state index is 0.552. The molecule has 0 radical (unpaired) electrons. The van der Waals surface area contributed by atoms with Gasteiger partial charge in [-0.1, -0.05) is 38.1 Å². The van der Waals surface area contributed by atoms with Crippen molar-refractivity contribution in [2.75, 3.05) is 13.1 Å². The summed E-state index contributed by atoms with van der Waals surface area (Å²) in [5, 5.41) is 7.13. The number of fused-ring (bicyclic) bond motifs is 1. The average Bonchev–Trinajstić information content (AvgIpc) is 2.76. The largest absolute Gasteiger partial charge is 0.313 e. The Bertz CT molecular complexity index is 348. The van der Waals surface area contributed by atoms with Crippen molar-refractivity contribution in [2.24, 2.45) is 5.92 Å². The quantitative estimate of drug-likeness (QED) is 0.805. The van der Waals surface area contributed by atoms with Crippen LogP contribution in [0.15, 0.2) is 24.3 Å². The van der Waals surface area contributed by atoms with Crippen LogP contribution >= 0.6 is 0 Å². The van der Waals surface area contributed by atoms with Crippen molar-refractivity contribution >= 4 is 0 Å². The Morgan fingerprint density at radius 3 is 2.22 bits per heavy atom. The summed E-state index contributed by atoms with van der Waals surface area (Å²) in [6.45, 7) is 8.84. The maximum atomic E-state index is 3.65. The summed E-state index contributed by atoms with van der Waals surface area (Å²) >= 11 is 0. The normalized spacial score (nSPS) is 17.1. The van der Waals surface area contributed by atoms with E-state index in [1.54, 1.807) is 11.1 Å². The molecule has 1 aromatic rings. The van der Waals surface area contributed by atoms with E-state index in [1.807, 2.05) is 0 Å².